The summed E-state index contributed by atoms with van der Waals surface area (Å²) < 4.78 is 38.8. The SMILES string of the molecule is CCC(CC)(C(=O)O)n1cc(C(F)(F)F)cc(Cl)c1=O. The summed E-state index contributed by atoms with van der Waals surface area (Å²) in [6, 6.07) is 0.498. The van der Waals surface area contributed by atoms with E-state index in [1.54, 1.807) is 0 Å². The first-order valence-corrected chi connectivity index (χ1v) is 6.21. The lowest BCUT2D eigenvalue weighted by atomic mass is 9.92. The average Bonchev–Trinajstić information content (AvgIpc) is 2.34. The van der Waals surface area contributed by atoms with Crippen LogP contribution in [0.5, 0.6) is 0 Å². The van der Waals surface area contributed by atoms with Crippen LogP contribution in [0.1, 0.15) is 32.3 Å². The van der Waals surface area contributed by atoms with Crippen molar-refractivity contribution in [2.45, 2.75) is 38.4 Å². The van der Waals surface area contributed by atoms with Gasteiger partial charge in [-0.05, 0) is 18.9 Å². The van der Waals surface area contributed by atoms with Crippen LogP contribution in [0.15, 0.2) is 17.1 Å². The molecule has 0 amide bonds. The Kier molecular flexibility index (Phi) is 4.53. The van der Waals surface area contributed by atoms with E-state index in [9.17, 15) is 27.9 Å². The Hall–Kier alpha value is -1.50. The van der Waals surface area contributed by atoms with Crippen LogP contribution in [0.2, 0.25) is 5.02 Å². The predicted molar refractivity (Wildman–Crippen MR) is 66.9 cm³/mol. The van der Waals surface area contributed by atoms with Gasteiger partial charge in [-0.25, -0.2) is 4.79 Å². The van der Waals surface area contributed by atoms with Crippen molar-refractivity contribution in [1.29, 1.82) is 0 Å². The molecular weight excluding hydrogens is 299 g/mol. The fraction of sp³-hybridized carbons (Fsp3) is 0.500. The Labute approximate surface area is 117 Å². The first-order valence-electron chi connectivity index (χ1n) is 5.83. The molecule has 0 aliphatic carbocycles. The molecule has 0 radical (unpaired) electrons. The summed E-state index contributed by atoms with van der Waals surface area (Å²) >= 11 is 5.52. The van der Waals surface area contributed by atoms with Gasteiger partial charge in [0.25, 0.3) is 5.56 Å². The van der Waals surface area contributed by atoms with Gasteiger partial charge in [0, 0.05) is 6.20 Å². The minimum Gasteiger partial charge on any atom is -0.479 e. The number of pyridine rings is 1. The Morgan fingerprint density at radius 3 is 2.20 bits per heavy atom. The molecule has 1 heterocycles. The fourth-order valence-electron chi connectivity index (χ4n) is 2.02. The summed E-state index contributed by atoms with van der Waals surface area (Å²) in [7, 11) is 0. The first kappa shape index (κ1) is 16.6. The van der Waals surface area contributed by atoms with Crippen molar-refractivity contribution in [2.75, 3.05) is 0 Å². The van der Waals surface area contributed by atoms with Gasteiger partial charge < -0.3 is 5.11 Å². The maximum Gasteiger partial charge on any atom is 0.417 e. The number of nitrogens with zero attached hydrogens (tertiary/aromatic N) is 1. The van der Waals surface area contributed by atoms with E-state index >= 15 is 0 Å². The van der Waals surface area contributed by atoms with Crippen molar-refractivity contribution in [2.24, 2.45) is 0 Å². The molecule has 8 heteroatoms. The third-order valence-corrected chi connectivity index (χ3v) is 3.60. The Morgan fingerprint density at radius 2 is 1.85 bits per heavy atom. The van der Waals surface area contributed by atoms with Crippen LogP contribution in [0.3, 0.4) is 0 Å². The van der Waals surface area contributed by atoms with Crippen molar-refractivity contribution in [3.05, 3.63) is 33.2 Å². The number of aliphatic carboxylic acids is 1. The molecule has 1 aromatic heterocycles. The Bertz CT molecular complexity index is 576. The topological polar surface area (TPSA) is 59.3 Å². The molecule has 0 atom stereocenters. The number of alkyl halides is 3. The summed E-state index contributed by atoms with van der Waals surface area (Å²) in [6.45, 7) is 2.97. The van der Waals surface area contributed by atoms with Crippen molar-refractivity contribution in [3.63, 3.8) is 0 Å². The Morgan fingerprint density at radius 1 is 1.35 bits per heavy atom. The zero-order chi connectivity index (χ0) is 15.7. The van der Waals surface area contributed by atoms with E-state index in [-0.39, 0.29) is 12.8 Å². The van der Waals surface area contributed by atoms with Crippen molar-refractivity contribution < 1.29 is 23.1 Å². The molecule has 0 unspecified atom stereocenters. The minimum atomic E-state index is -4.72. The van der Waals surface area contributed by atoms with Crippen LogP contribution in [-0.2, 0) is 16.5 Å². The van der Waals surface area contributed by atoms with Crippen LogP contribution < -0.4 is 5.56 Å². The molecule has 0 aliphatic rings. The molecule has 0 spiro atoms. The smallest absolute Gasteiger partial charge is 0.417 e. The largest absolute Gasteiger partial charge is 0.479 e. The summed E-state index contributed by atoms with van der Waals surface area (Å²) in [4.78, 5) is 23.3. The van der Waals surface area contributed by atoms with Crippen molar-refractivity contribution >= 4 is 17.6 Å². The zero-order valence-electron chi connectivity index (χ0n) is 10.8. The van der Waals surface area contributed by atoms with Gasteiger partial charge in [-0.2, -0.15) is 13.2 Å². The lowest BCUT2D eigenvalue weighted by Gasteiger charge is -2.30. The number of hydrogen-bond donors (Lipinski definition) is 1. The highest BCUT2D eigenvalue weighted by Gasteiger charge is 2.40. The molecule has 4 nitrogen and oxygen atoms in total. The van der Waals surface area contributed by atoms with E-state index in [2.05, 4.69) is 0 Å². The van der Waals surface area contributed by atoms with Crippen LogP contribution in [0.4, 0.5) is 13.2 Å². The highest BCUT2D eigenvalue weighted by molar-refractivity contribution is 6.30. The van der Waals surface area contributed by atoms with Gasteiger partial charge >= 0.3 is 12.1 Å². The fourth-order valence-corrected chi connectivity index (χ4v) is 2.23. The van der Waals surface area contributed by atoms with Crippen LogP contribution in [-0.4, -0.2) is 15.6 Å². The quantitative estimate of drug-likeness (QED) is 0.929. The second kappa shape index (κ2) is 5.47. The molecule has 0 saturated heterocycles. The second-order valence-electron chi connectivity index (χ2n) is 4.29. The lowest BCUT2D eigenvalue weighted by molar-refractivity contribution is -0.149. The van der Waals surface area contributed by atoms with Crippen LogP contribution in [0, 0.1) is 0 Å². The van der Waals surface area contributed by atoms with E-state index in [1.807, 2.05) is 0 Å². The van der Waals surface area contributed by atoms with Crippen molar-refractivity contribution in [1.82, 2.24) is 4.57 Å². The van der Waals surface area contributed by atoms with Gasteiger partial charge in [0.2, 0.25) is 0 Å². The van der Waals surface area contributed by atoms with E-state index in [0.29, 0.717) is 16.8 Å². The van der Waals surface area contributed by atoms with E-state index in [1.165, 1.54) is 13.8 Å². The summed E-state index contributed by atoms with van der Waals surface area (Å²) in [5.41, 5.74) is -3.86. The summed E-state index contributed by atoms with van der Waals surface area (Å²) in [5.74, 6) is -1.38. The van der Waals surface area contributed by atoms with Gasteiger partial charge in [0.05, 0.1) is 5.56 Å². The third kappa shape index (κ3) is 2.67. The minimum absolute atomic E-state index is 0.0453. The molecule has 0 aromatic carbocycles. The molecule has 0 aliphatic heterocycles. The number of halogens is 4. The normalized spacial score (nSPS) is 12.5. The average molecular weight is 312 g/mol. The second-order valence-corrected chi connectivity index (χ2v) is 4.70. The number of carboxylic acid groups (broad SMARTS) is 1. The molecule has 0 saturated carbocycles. The van der Waals surface area contributed by atoms with Gasteiger partial charge in [0.15, 0.2) is 0 Å². The number of rotatable bonds is 4. The molecule has 112 valence electrons. The molecule has 1 rings (SSSR count). The van der Waals surface area contributed by atoms with Crippen LogP contribution >= 0.6 is 11.6 Å². The molecule has 1 aromatic rings. The monoisotopic (exact) mass is 311 g/mol. The van der Waals surface area contributed by atoms with Crippen molar-refractivity contribution in [3.8, 4) is 0 Å². The maximum absolute atomic E-state index is 12.8. The zero-order valence-corrected chi connectivity index (χ0v) is 11.5. The number of aromatic nitrogens is 1. The summed E-state index contributed by atoms with van der Waals surface area (Å²) in [6.07, 6.45) is -4.30. The maximum atomic E-state index is 12.8. The van der Waals surface area contributed by atoms with Gasteiger partial charge in [0.1, 0.15) is 10.6 Å². The van der Waals surface area contributed by atoms with E-state index < -0.39 is 33.8 Å². The molecular formula is C12H13ClF3NO3. The Balaban J connectivity index is 3.71. The molecule has 0 bridgehead atoms. The first-order chi connectivity index (χ1) is 9.10. The van der Waals surface area contributed by atoms with E-state index in [4.69, 9.17) is 11.6 Å². The standard InChI is InChI=1S/C12H13ClF3NO3/c1-3-11(4-2,10(19)20)17-6-7(12(14,15)16)5-8(13)9(17)18/h5-6H,3-4H2,1-2H3,(H,19,20). The summed E-state index contributed by atoms with van der Waals surface area (Å²) in [5, 5.41) is 8.64. The number of carboxylic acids is 1. The van der Waals surface area contributed by atoms with Crippen LogP contribution in [0.25, 0.3) is 0 Å². The van der Waals surface area contributed by atoms with Gasteiger partial charge in [-0.3, -0.25) is 9.36 Å². The lowest BCUT2D eigenvalue weighted by Crippen LogP contribution is -2.47. The molecule has 1 N–H and O–H groups in total. The van der Waals surface area contributed by atoms with Gasteiger partial charge in [-0.15, -0.1) is 0 Å². The highest BCUT2D eigenvalue weighted by atomic mass is 35.5. The van der Waals surface area contributed by atoms with Gasteiger partial charge in [-0.1, -0.05) is 25.4 Å². The highest BCUT2D eigenvalue weighted by Crippen LogP contribution is 2.32. The number of carbonyl (C=O) groups is 1. The molecule has 20 heavy (non-hydrogen) atoms. The predicted octanol–water partition coefficient (Wildman–Crippen LogP) is 3.12. The third-order valence-electron chi connectivity index (χ3n) is 3.33. The van der Waals surface area contributed by atoms with E-state index in [0.717, 1.165) is 0 Å². The molecule has 0 fully saturated rings. The number of hydrogen-bond acceptors (Lipinski definition) is 2.